The van der Waals surface area contributed by atoms with E-state index in [9.17, 15) is 9.90 Å². The zero-order valence-corrected chi connectivity index (χ0v) is 18.2. The van der Waals surface area contributed by atoms with Crippen molar-refractivity contribution in [3.05, 3.63) is 71.3 Å². The van der Waals surface area contributed by atoms with Crippen LogP contribution < -0.4 is 16.0 Å². The maximum atomic E-state index is 12.3. The van der Waals surface area contributed by atoms with E-state index in [-0.39, 0.29) is 11.9 Å². The largest absolute Gasteiger partial charge is 0.388 e. The molecule has 0 saturated carbocycles. The summed E-state index contributed by atoms with van der Waals surface area (Å²) < 4.78 is 0. The number of guanidine groups is 1. The van der Waals surface area contributed by atoms with E-state index in [0.717, 1.165) is 24.1 Å². The molecule has 0 bridgehead atoms. The van der Waals surface area contributed by atoms with Gasteiger partial charge in [0.1, 0.15) is 0 Å². The number of rotatable bonds is 10. The van der Waals surface area contributed by atoms with Crippen molar-refractivity contribution >= 4 is 11.9 Å². The number of nitrogens with one attached hydrogen (secondary N) is 3. The van der Waals surface area contributed by atoms with Crippen molar-refractivity contribution in [2.24, 2.45) is 4.99 Å². The number of aliphatic imine (C=N–C) groups is 1. The van der Waals surface area contributed by atoms with Crippen LogP contribution in [0.5, 0.6) is 0 Å². The molecule has 0 aliphatic rings. The van der Waals surface area contributed by atoms with Gasteiger partial charge in [0.25, 0.3) is 5.91 Å². The molecule has 2 rings (SSSR count). The lowest BCUT2D eigenvalue weighted by Gasteiger charge is -2.14. The minimum absolute atomic E-state index is 0.0601. The van der Waals surface area contributed by atoms with Gasteiger partial charge in [-0.25, -0.2) is 4.99 Å². The molecule has 162 valence electrons. The Bertz CT molecular complexity index is 808. The van der Waals surface area contributed by atoms with Gasteiger partial charge in [0.15, 0.2) is 5.96 Å². The van der Waals surface area contributed by atoms with Crippen molar-refractivity contribution in [3.8, 4) is 0 Å². The van der Waals surface area contributed by atoms with Gasteiger partial charge in [-0.3, -0.25) is 4.79 Å². The van der Waals surface area contributed by atoms with Crippen molar-refractivity contribution in [2.45, 2.75) is 52.3 Å². The maximum absolute atomic E-state index is 12.3. The molecule has 0 heterocycles. The number of hydrogen-bond donors (Lipinski definition) is 4. The molecule has 0 aliphatic heterocycles. The highest BCUT2D eigenvalue weighted by Crippen LogP contribution is 2.14. The number of carbonyl (C=O) groups excluding carboxylic acids is 1. The summed E-state index contributed by atoms with van der Waals surface area (Å²) in [5, 5.41) is 19.8. The zero-order chi connectivity index (χ0) is 21.8. The highest BCUT2D eigenvalue weighted by Gasteiger charge is 2.09. The van der Waals surface area contributed by atoms with Crippen LogP contribution in [0.1, 0.15) is 61.2 Å². The predicted molar refractivity (Wildman–Crippen MR) is 122 cm³/mol. The van der Waals surface area contributed by atoms with Crippen LogP contribution in [0.3, 0.4) is 0 Å². The Balaban J connectivity index is 1.92. The molecule has 0 aliphatic carbocycles. The van der Waals surface area contributed by atoms with Gasteiger partial charge in [-0.05, 0) is 49.9 Å². The summed E-state index contributed by atoms with van der Waals surface area (Å²) in [7, 11) is 0. The van der Waals surface area contributed by atoms with Gasteiger partial charge in [0.05, 0.1) is 12.6 Å². The summed E-state index contributed by atoms with van der Waals surface area (Å²) in [6.45, 7) is 7.85. The molecule has 2 unspecified atom stereocenters. The summed E-state index contributed by atoms with van der Waals surface area (Å²) in [6, 6.07) is 17.3. The lowest BCUT2D eigenvalue weighted by Crippen LogP contribution is -2.38. The number of aliphatic hydroxyl groups excluding tert-OH is 1. The van der Waals surface area contributed by atoms with Crippen LogP contribution in [0.2, 0.25) is 0 Å². The topological polar surface area (TPSA) is 85.8 Å². The molecular formula is C24H34N4O2. The number of hydrogen-bond acceptors (Lipinski definition) is 3. The highest BCUT2D eigenvalue weighted by molar-refractivity contribution is 5.94. The SMILES string of the molecule is CCNC(=NCc1cccc(C(=O)NC(C)CC)c1)NCCC(O)c1ccccc1. The summed E-state index contributed by atoms with van der Waals surface area (Å²) in [6.07, 6.45) is 0.967. The quantitative estimate of drug-likeness (QED) is 0.357. The Hall–Kier alpha value is -2.86. The highest BCUT2D eigenvalue weighted by atomic mass is 16.3. The third kappa shape index (κ3) is 7.87. The second-order valence-electron chi connectivity index (χ2n) is 7.32. The van der Waals surface area contributed by atoms with Gasteiger partial charge >= 0.3 is 0 Å². The van der Waals surface area contributed by atoms with E-state index in [1.54, 1.807) is 0 Å². The molecule has 4 N–H and O–H groups in total. The van der Waals surface area contributed by atoms with Crippen LogP contribution >= 0.6 is 0 Å². The second-order valence-corrected chi connectivity index (χ2v) is 7.32. The van der Waals surface area contributed by atoms with Crippen LogP contribution in [0.25, 0.3) is 0 Å². The molecule has 6 nitrogen and oxygen atoms in total. The number of aliphatic hydroxyl groups is 1. The van der Waals surface area contributed by atoms with E-state index in [2.05, 4.69) is 20.9 Å². The van der Waals surface area contributed by atoms with E-state index < -0.39 is 6.10 Å². The summed E-state index contributed by atoms with van der Waals surface area (Å²) >= 11 is 0. The van der Waals surface area contributed by atoms with E-state index in [0.29, 0.717) is 31.0 Å². The van der Waals surface area contributed by atoms with Crippen molar-refractivity contribution in [1.29, 1.82) is 0 Å². The van der Waals surface area contributed by atoms with Crippen LogP contribution in [0.15, 0.2) is 59.6 Å². The molecular weight excluding hydrogens is 376 g/mol. The molecule has 2 atom stereocenters. The van der Waals surface area contributed by atoms with Crippen LogP contribution in [-0.2, 0) is 6.54 Å². The molecule has 6 heteroatoms. The van der Waals surface area contributed by atoms with Crippen LogP contribution in [0.4, 0.5) is 0 Å². The normalized spacial score (nSPS) is 13.4. The van der Waals surface area contributed by atoms with Gasteiger partial charge < -0.3 is 21.1 Å². The van der Waals surface area contributed by atoms with E-state index in [4.69, 9.17) is 0 Å². The summed E-state index contributed by atoms with van der Waals surface area (Å²) in [5.74, 6) is 0.627. The van der Waals surface area contributed by atoms with Crippen molar-refractivity contribution in [2.75, 3.05) is 13.1 Å². The smallest absolute Gasteiger partial charge is 0.251 e. The van der Waals surface area contributed by atoms with Gasteiger partial charge in [0, 0.05) is 24.7 Å². The van der Waals surface area contributed by atoms with Crippen molar-refractivity contribution < 1.29 is 9.90 Å². The molecule has 0 aromatic heterocycles. The molecule has 0 saturated heterocycles. The first-order valence-corrected chi connectivity index (χ1v) is 10.7. The third-order valence-corrected chi connectivity index (χ3v) is 4.84. The standard InChI is InChI=1S/C24H34N4O2/c1-4-18(3)28-23(30)21-13-9-10-19(16-21)17-27-24(25-5-2)26-15-14-22(29)20-11-7-6-8-12-20/h6-13,16,18,22,29H,4-5,14-15,17H2,1-3H3,(H,28,30)(H2,25,26,27). The third-order valence-electron chi connectivity index (χ3n) is 4.84. The lowest BCUT2D eigenvalue weighted by molar-refractivity contribution is 0.0939. The van der Waals surface area contributed by atoms with E-state index in [1.165, 1.54) is 0 Å². The van der Waals surface area contributed by atoms with Gasteiger partial charge in [-0.15, -0.1) is 0 Å². The molecule has 0 fully saturated rings. The first kappa shape index (κ1) is 23.4. The maximum Gasteiger partial charge on any atom is 0.251 e. The Labute approximate surface area is 179 Å². The van der Waals surface area contributed by atoms with Crippen LogP contribution in [0, 0.1) is 0 Å². The average Bonchev–Trinajstić information content (AvgIpc) is 2.78. The first-order chi connectivity index (χ1) is 14.5. The Morgan fingerprint density at radius 2 is 1.83 bits per heavy atom. The number of benzene rings is 2. The average molecular weight is 411 g/mol. The fourth-order valence-corrected chi connectivity index (χ4v) is 2.90. The second kappa shape index (κ2) is 12.6. The molecule has 2 aromatic carbocycles. The zero-order valence-electron chi connectivity index (χ0n) is 18.2. The molecule has 2 aromatic rings. The Kier molecular flexibility index (Phi) is 9.87. The lowest BCUT2D eigenvalue weighted by atomic mass is 10.1. The Morgan fingerprint density at radius 1 is 1.07 bits per heavy atom. The minimum Gasteiger partial charge on any atom is -0.388 e. The molecule has 30 heavy (non-hydrogen) atoms. The van der Waals surface area contributed by atoms with E-state index in [1.807, 2.05) is 75.4 Å². The number of amides is 1. The van der Waals surface area contributed by atoms with Crippen molar-refractivity contribution in [3.63, 3.8) is 0 Å². The predicted octanol–water partition coefficient (Wildman–Crippen LogP) is 3.39. The number of nitrogens with zero attached hydrogens (tertiary/aromatic N) is 1. The Morgan fingerprint density at radius 3 is 2.53 bits per heavy atom. The van der Waals surface area contributed by atoms with Gasteiger partial charge in [-0.1, -0.05) is 49.4 Å². The number of carbonyl (C=O) groups is 1. The summed E-state index contributed by atoms with van der Waals surface area (Å²) in [4.78, 5) is 16.9. The van der Waals surface area contributed by atoms with E-state index >= 15 is 0 Å². The first-order valence-electron chi connectivity index (χ1n) is 10.7. The molecule has 0 radical (unpaired) electrons. The monoisotopic (exact) mass is 410 g/mol. The fourth-order valence-electron chi connectivity index (χ4n) is 2.90. The van der Waals surface area contributed by atoms with Gasteiger partial charge in [0.2, 0.25) is 0 Å². The molecule has 0 spiro atoms. The van der Waals surface area contributed by atoms with Crippen molar-refractivity contribution in [1.82, 2.24) is 16.0 Å². The molecule has 1 amide bonds. The van der Waals surface area contributed by atoms with Crippen LogP contribution in [-0.4, -0.2) is 36.1 Å². The summed E-state index contributed by atoms with van der Waals surface area (Å²) in [5.41, 5.74) is 2.52. The minimum atomic E-state index is -0.512. The fraction of sp³-hybridized carbons (Fsp3) is 0.417. The van der Waals surface area contributed by atoms with Gasteiger partial charge in [-0.2, -0.15) is 0 Å².